The first kappa shape index (κ1) is 11.4. The van der Waals surface area contributed by atoms with Crippen molar-refractivity contribution in [2.45, 2.75) is 0 Å². The highest BCUT2D eigenvalue weighted by molar-refractivity contribution is 5.88. The van der Waals surface area contributed by atoms with Crippen molar-refractivity contribution in [3.8, 4) is 0 Å². The van der Waals surface area contributed by atoms with E-state index in [9.17, 15) is 4.79 Å². The van der Waals surface area contributed by atoms with Crippen molar-refractivity contribution in [3.05, 3.63) is 48.0 Å². The fourth-order valence-corrected chi connectivity index (χ4v) is 1.28. The molecule has 0 fully saturated rings. The molecule has 0 aliphatic carbocycles. The van der Waals surface area contributed by atoms with Crippen LogP contribution in [0.15, 0.2) is 42.5 Å². The molecule has 0 saturated heterocycles. The van der Waals surface area contributed by atoms with Gasteiger partial charge in [-0.3, -0.25) is 4.79 Å². The lowest BCUT2D eigenvalue weighted by Gasteiger charge is -1.96. The molecule has 0 aliphatic rings. The van der Waals surface area contributed by atoms with E-state index in [1.54, 1.807) is 0 Å². The van der Waals surface area contributed by atoms with E-state index < -0.39 is 0 Å². The van der Waals surface area contributed by atoms with Gasteiger partial charge in [-0.1, -0.05) is 36.4 Å². The van der Waals surface area contributed by atoms with Crippen molar-refractivity contribution in [2.24, 2.45) is 0 Å². The lowest BCUT2D eigenvalue weighted by atomic mass is 10.1. The summed E-state index contributed by atoms with van der Waals surface area (Å²) in [7, 11) is 3.75. The number of hydrogen-bond acceptors (Lipinski definition) is 2. The highest BCUT2D eigenvalue weighted by Crippen LogP contribution is 2.14. The van der Waals surface area contributed by atoms with Gasteiger partial charge in [0.15, 0.2) is 0 Å². The summed E-state index contributed by atoms with van der Waals surface area (Å²) in [6.45, 7) is 0. The average Bonchev–Trinajstić information content (AvgIpc) is 2.29. The molecule has 1 N–H and O–H groups in total. The largest absolute Gasteiger partial charge is 0.323 e. The third kappa shape index (κ3) is 3.18. The molecule has 2 nitrogen and oxygen atoms in total. The molecule has 0 spiro atoms. The van der Waals surface area contributed by atoms with Gasteiger partial charge in [-0.2, -0.15) is 0 Å². The molecule has 2 heteroatoms. The van der Waals surface area contributed by atoms with Gasteiger partial charge in [0.25, 0.3) is 0 Å². The van der Waals surface area contributed by atoms with Crippen molar-refractivity contribution in [1.29, 1.82) is 0 Å². The minimum atomic E-state index is 0.730. The second-order valence-corrected chi connectivity index (χ2v) is 3.22. The molecule has 0 heterocycles. The van der Waals surface area contributed by atoms with Crippen LogP contribution >= 0.6 is 0 Å². The van der Waals surface area contributed by atoms with Gasteiger partial charge >= 0.3 is 0 Å². The van der Waals surface area contributed by atoms with Gasteiger partial charge in [0.05, 0.1) is 0 Å². The maximum atomic E-state index is 10.5. The van der Waals surface area contributed by atoms with Gasteiger partial charge in [0, 0.05) is 5.56 Å². The van der Waals surface area contributed by atoms with Crippen molar-refractivity contribution in [3.63, 3.8) is 0 Å². The molecule has 0 atom stereocenters. The standard InChI is InChI=1S/C11H8O.C2H7N/c12-8-9-5-6-10-3-1-2-4-11(10)7-9;1-3-2/h1-8H;3H,1-2H3. The summed E-state index contributed by atoms with van der Waals surface area (Å²) in [5.41, 5.74) is 0.730. The van der Waals surface area contributed by atoms with E-state index in [2.05, 4.69) is 5.32 Å². The first-order valence-electron chi connectivity index (χ1n) is 4.84. The molecular formula is C13H15NO. The molecule has 0 saturated carbocycles. The first-order chi connectivity index (χ1) is 7.31. The molecule has 0 aliphatic heterocycles. The maximum absolute atomic E-state index is 10.5. The highest BCUT2D eigenvalue weighted by Gasteiger charge is 1.92. The summed E-state index contributed by atoms with van der Waals surface area (Å²) in [6.07, 6.45) is 0.867. The van der Waals surface area contributed by atoms with Crippen LogP contribution in [0.3, 0.4) is 0 Å². The molecule has 2 rings (SSSR count). The molecule has 0 radical (unpaired) electrons. The number of aldehydes is 1. The van der Waals surface area contributed by atoms with Gasteiger partial charge in [-0.15, -0.1) is 0 Å². The zero-order valence-electron chi connectivity index (χ0n) is 9.03. The monoisotopic (exact) mass is 201 g/mol. The zero-order valence-corrected chi connectivity index (χ0v) is 9.03. The number of fused-ring (bicyclic) bond motifs is 1. The average molecular weight is 201 g/mol. The van der Waals surface area contributed by atoms with Crippen LogP contribution in [0.4, 0.5) is 0 Å². The quantitative estimate of drug-likeness (QED) is 0.718. The maximum Gasteiger partial charge on any atom is 0.150 e. The Bertz CT molecular complexity index is 437. The molecular weight excluding hydrogens is 186 g/mol. The van der Waals surface area contributed by atoms with Crippen LogP contribution < -0.4 is 5.32 Å². The van der Waals surface area contributed by atoms with Crippen molar-refractivity contribution in [2.75, 3.05) is 14.1 Å². The Morgan fingerprint density at radius 2 is 1.60 bits per heavy atom. The minimum absolute atomic E-state index is 0.730. The van der Waals surface area contributed by atoms with Crippen LogP contribution in [0.1, 0.15) is 10.4 Å². The van der Waals surface area contributed by atoms with Crippen LogP contribution in [0.25, 0.3) is 10.8 Å². The highest BCUT2D eigenvalue weighted by atomic mass is 16.1. The van der Waals surface area contributed by atoms with Crippen LogP contribution in [0, 0.1) is 0 Å². The fraction of sp³-hybridized carbons (Fsp3) is 0.154. The van der Waals surface area contributed by atoms with E-state index >= 15 is 0 Å². The van der Waals surface area contributed by atoms with E-state index in [1.807, 2.05) is 56.6 Å². The van der Waals surface area contributed by atoms with E-state index in [0.717, 1.165) is 17.2 Å². The second kappa shape index (κ2) is 5.94. The molecule has 15 heavy (non-hydrogen) atoms. The van der Waals surface area contributed by atoms with Crippen LogP contribution in [0.2, 0.25) is 0 Å². The van der Waals surface area contributed by atoms with E-state index in [4.69, 9.17) is 0 Å². The van der Waals surface area contributed by atoms with E-state index in [1.165, 1.54) is 5.39 Å². The van der Waals surface area contributed by atoms with Crippen molar-refractivity contribution in [1.82, 2.24) is 5.32 Å². The lowest BCUT2D eigenvalue weighted by molar-refractivity contribution is 0.112. The van der Waals surface area contributed by atoms with E-state index in [-0.39, 0.29) is 0 Å². The Balaban J connectivity index is 0.000000337. The predicted octanol–water partition coefficient (Wildman–Crippen LogP) is 2.49. The Labute approximate surface area is 89.9 Å². The van der Waals surface area contributed by atoms with Gasteiger partial charge in [0.2, 0.25) is 0 Å². The number of hydrogen-bond donors (Lipinski definition) is 1. The number of benzene rings is 2. The summed E-state index contributed by atoms with van der Waals surface area (Å²) in [5, 5.41) is 5.03. The van der Waals surface area contributed by atoms with Crippen molar-refractivity contribution < 1.29 is 4.79 Å². The second-order valence-electron chi connectivity index (χ2n) is 3.22. The Morgan fingerprint density at radius 1 is 1.00 bits per heavy atom. The summed E-state index contributed by atoms with van der Waals surface area (Å²) < 4.78 is 0. The summed E-state index contributed by atoms with van der Waals surface area (Å²) in [6, 6.07) is 13.7. The molecule has 0 amide bonds. The van der Waals surface area contributed by atoms with Crippen LogP contribution in [-0.2, 0) is 0 Å². The van der Waals surface area contributed by atoms with E-state index in [0.29, 0.717) is 0 Å². The fourth-order valence-electron chi connectivity index (χ4n) is 1.28. The SMILES string of the molecule is CNC.O=Cc1ccc2ccccc2c1. The van der Waals surface area contributed by atoms with Gasteiger partial charge in [0.1, 0.15) is 6.29 Å². The molecule has 2 aromatic carbocycles. The summed E-state index contributed by atoms with van der Waals surface area (Å²) in [4.78, 5) is 10.5. The summed E-state index contributed by atoms with van der Waals surface area (Å²) >= 11 is 0. The van der Waals surface area contributed by atoms with Crippen LogP contribution in [0.5, 0.6) is 0 Å². The first-order valence-corrected chi connectivity index (χ1v) is 4.84. The Morgan fingerprint density at radius 3 is 2.20 bits per heavy atom. The predicted molar refractivity (Wildman–Crippen MR) is 64.3 cm³/mol. The number of nitrogens with one attached hydrogen (secondary N) is 1. The summed E-state index contributed by atoms with van der Waals surface area (Å²) in [5.74, 6) is 0. The van der Waals surface area contributed by atoms with Gasteiger partial charge in [-0.25, -0.2) is 0 Å². The third-order valence-corrected chi connectivity index (χ3v) is 1.91. The Kier molecular flexibility index (Phi) is 4.51. The molecule has 0 unspecified atom stereocenters. The molecule has 0 aromatic heterocycles. The Hall–Kier alpha value is -1.67. The molecule has 2 aromatic rings. The lowest BCUT2D eigenvalue weighted by Crippen LogP contribution is -1.89. The number of carbonyl (C=O) groups is 1. The normalized spacial score (nSPS) is 9.20. The van der Waals surface area contributed by atoms with Gasteiger partial charge in [-0.05, 0) is 30.9 Å². The molecule has 0 bridgehead atoms. The van der Waals surface area contributed by atoms with Gasteiger partial charge < -0.3 is 5.32 Å². The van der Waals surface area contributed by atoms with Crippen LogP contribution in [-0.4, -0.2) is 20.4 Å². The number of carbonyl (C=O) groups excluding carboxylic acids is 1. The number of rotatable bonds is 1. The molecule has 78 valence electrons. The minimum Gasteiger partial charge on any atom is -0.323 e. The van der Waals surface area contributed by atoms with Crippen molar-refractivity contribution >= 4 is 17.1 Å². The smallest absolute Gasteiger partial charge is 0.150 e. The third-order valence-electron chi connectivity index (χ3n) is 1.91. The topological polar surface area (TPSA) is 29.1 Å². The zero-order chi connectivity index (χ0) is 11.1.